The fourth-order valence-corrected chi connectivity index (χ4v) is 1.74. The lowest BCUT2D eigenvalue weighted by atomic mass is 9.99. The average molecular weight is 291 g/mol. The maximum absolute atomic E-state index is 11.6. The Morgan fingerprint density at radius 3 is 2.75 bits per heavy atom. The maximum Gasteiger partial charge on any atom is 0.511 e. The van der Waals surface area contributed by atoms with Crippen molar-refractivity contribution in [3.8, 4) is 0 Å². The second kappa shape index (κ2) is 8.41. The van der Waals surface area contributed by atoms with Crippen LogP contribution in [-0.4, -0.2) is 53.8 Å². The number of hydrazine groups is 1. The van der Waals surface area contributed by atoms with Gasteiger partial charge in [-0.1, -0.05) is 0 Å². The highest BCUT2D eigenvalue weighted by molar-refractivity contribution is 5.59. The van der Waals surface area contributed by atoms with Gasteiger partial charge in [0.05, 0.1) is 24.7 Å². The van der Waals surface area contributed by atoms with E-state index in [9.17, 15) is 10.0 Å². The molecule has 9 heteroatoms. The van der Waals surface area contributed by atoms with Crippen molar-refractivity contribution in [1.82, 2.24) is 5.01 Å². The van der Waals surface area contributed by atoms with Gasteiger partial charge in [-0.3, -0.25) is 4.84 Å². The predicted octanol–water partition coefficient (Wildman–Crippen LogP) is 1.02. The molecule has 1 aliphatic heterocycles. The summed E-state index contributed by atoms with van der Waals surface area (Å²) in [6.07, 6.45) is -0.448. The van der Waals surface area contributed by atoms with Gasteiger partial charge in [0.25, 0.3) is 6.29 Å². The molecular weight excluding hydrogens is 270 g/mol. The highest BCUT2D eigenvalue weighted by Crippen LogP contribution is 2.16. The lowest BCUT2D eigenvalue weighted by molar-refractivity contribution is -0.715. The number of rotatable bonds is 6. The lowest BCUT2D eigenvalue weighted by Gasteiger charge is -2.26. The summed E-state index contributed by atoms with van der Waals surface area (Å²) in [5, 5.41) is 25.4. The zero-order valence-electron chi connectivity index (χ0n) is 11.7. The Hall–Kier alpha value is -1.77. The molecule has 116 valence electrons. The summed E-state index contributed by atoms with van der Waals surface area (Å²) in [7, 11) is 0. The quantitative estimate of drug-likeness (QED) is 0.256. The summed E-state index contributed by atoms with van der Waals surface area (Å²) >= 11 is 0. The smallest absolute Gasteiger partial charge is 0.511 e. The van der Waals surface area contributed by atoms with Gasteiger partial charge < -0.3 is 19.8 Å². The predicted molar refractivity (Wildman–Crippen MR) is 66.1 cm³/mol. The number of aliphatic hydroxyl groups is 1. The van der Waals surface area contributed by atoms with E-state index in [0.717, 1.165) is 12.8 Å². The summed E-state index contributed by atoms with van der Waals surface area (Å²) in [6.45, 7) is 4.38. The summed E-state index contributed by atoms with van der Waals surface area (Å²) < 4.78 is 9.22. The van der Waals surface area contributed by atoms with Crippen LogP contribution in [0.3, 0.4) is 0 Å². The zero-order valence-corrected chi connectivity index (χ0v) is 11.7. The van der Waals surface area contributed by atoms with Gasteiger partial charge in [-0.05, 0) is 25.7 Å². The van der Waals surface area contributed by atoms with Gasteiger partial charge in [-0.15, -0.1) is 5.01 Å². The number of carbonyl (C=O) groups excluding carboxylic acids is 1. The van der Waals surface area contributed by atoms with Crippen molar-refractivity contribution >= 4 is 6.16 Å². The molecule has 0 aliphatic carbocycles. The van der Waals surface area contributed by atoms with Crippen molar-refractivity contribution in [3.05, 3.63) is 5.21 Å². The van der Waals surface area contributed by atoms with Gasteiger partial charge in [-0.25, -0.2) is 4.79 Å². The highest BCUT2D eigenvalue weighted by atomic mass is 16.8. The number of hydrogen-bond donors (Lipinski definition) is 1. The van der Waals surface area contributed by atoms with Gasteiger partial charge in [-0.2, -0.15) is 0 Å². The molecule has 0 aromatic heterocycles. The third kappa shape index (κ3) is 5.47. The molecule has 1 fully saturated rings. The second-order valence-electron chi connectivity index (χ2n) is 4.39. The van der Waals surface area contributed by atoms with E-state index in [4.69, 9.17) is 9.94 Å². The molecule has 9 nitrogen and oxygen atoms in total. The van der Waals surface area contributed by atoms with E-state index < -0.39 is 12.4 Å². The summed E-state index contributed by atoms with van der Waals surface area (Å²) in [5.74, 6) is 0.228. The van der Waals surface area contributed by atoms with Crippen molar-refractivity contribution in [3.63, 3.8) is 0 Å². The Labute approximate surface area is 117 Å². The van der Waals surface area contributed by atoms with E-state index in [1.54, 1.807) is 6.92 Å². The van der Waals surface area contributed by atoms with Crippen molar-refractivity contribution in [2.24, 2.45) is 11.2 Å². The molecule has 0 saturated carbocycles. The minimum atomic E-state index is -1.01. The second-order valence-corrected chi connectivity index (χ2v) is 4.39. The Morgan fingerprint density at radius 1 is 1.55 bits per heavy atom. The molecule has 1 heterocycles. The molecule has 1 saturated heterocycles. The largest absolute Gasteiger partial charge is 0.569 e. The molecule has 1 rings (SSSR count). The number of carbonyl (C=O) groups is 1. The van der Waals surface area contributed by atoms with Crippen LogP contribution >= 0.6 is 0 Å². The number of hydrogen-bond acceptors (Lipinski definition) is 7. The Balaban J connectivity index is 2.32. The molecule has 0 aromatic carbocycles. The first kappa shape index (κ1) is 16.3. The van der Waals surface area contributed by atoms with Crippen molar-refractivity contribution in [2.75, 3.05) is 26.3 Å². The first-order valence-corrected chi connectivity index (χ1v) is 6.60. The van der Waals surface area contributed by atoms with E-state index in [1.165, 1.54) is 11.9 Å². The molecular formula is C11H21N3O6. The first-order chi connectivity index (χ1) is 9.56. The fourth-order valence-electron chi connectivity index (χ4n) is 1.74. The normalized spacial score (nSPS) is 18.6. The third-order valence-corrected chi connectivity index (χ3v) is 2.88. The van der Waals surface area contributed by atoms with E-state index in [2.05, 4.69) is 14.8 Å². The molecule has 0 spiro atoms. The average Bonchev–Trinajstić information content (AvgIpc) is 2.45. The molecule has 0 amide bonds. The summed E-state index contributed by atoms with van der Waals surface area (Å²) in [6, 6.07) is 0. The molecule has 1 N–H and O–H groups in total. The summed E-state index contributed by atoms with van der Waals surface area (Å²) in [5.41, 5.74) is 0. The van der Waals surface area contributed by atoms with E-state index in [0.29, 0.717) is 18.1 Å². The molecule has 1 aliphatic rings. The fraction of sp³-hybridized carbons (Fsp3) is 0.909. The van der Waals surface area contributed by atoms with Crippen LogP contribution in [0.2, 0.25) is 0 Å². The minimum absolute atomic E-state index is 0.130. The van der Waals surface area contributed by atoms with Crippen LogP contribution < -0.4 is 0 Å². The lowest BCUT2D eigenvalue weighted by Crippen LogP contribution is -2.39. The maximum atomic E-state index is 11.6. The van der Waals surface area contributed by atoms with E-state index in [1.807, 2.05) is 0 Å². The molecule has 0 aromatic rings. The SMILES string of the molecule is CCOC(=O)OC(C)O/N=[N+](/[O-])N1CCC(CO)CC1. The van der Waals surface area contributed by atoms with Crippen LogP contribution in [0, 0.1) is 11.1 Å². The number of piperidine rings is 1. The Morgan fingerprint density at radius 2 is 2.20 bits per heavy atom. The van der Waals surface area contributed by atoms with Gasteiger partial charge in [0.1, 0.15) is 0 Å². The topological polar surface area (TPSA) is 107 Å². The molecule has 20 heavy (non-hydrogen) atoms. The van der Waals surface area contributed by atoms with Crippen LogP contribution in [0.25, 0.3) is 0 Å². The molecule has 1 unspecified atom stereocenters. The van der Waals surface area contributed by atoms with Crippen LogP contribution in [0.4, 0.5) is 4.79 Å². The van der Waals surface area contributed by atoms with E-state index >= 15 is 0 Å². The Bertz CT molecular complexity index is 330. The zero-order chi connectivity index (χ0) is 15.0. The highest BCUT2D eigenvalue weighted by Gasteiger charge is 2.24. The van der Waals surface area contributed by atoms with E-state index in [-0.39, 0.29) is 19.1 Å². The minimum Gasteiger partial charge on any atom is -0.569 e. The molecule has 0 bridgehead atoms. The van der Waals surface area contributed by atoms with Crippen molar-refractivity contribution in [2.45, 2.75) is 33.0 Å². The van der Waals surface area contributed by atoms with Crippen LogP contribution in [0.15, 0.2) is 5.28 Å². The van der Waals surface area contributed by atoms with Crippen LogP contribution in [0.5, 0.6) is 0 Å². The van der Waals surface area contributed by atoms with Gasteiger partial charge >= 0.3 is 6.16 Å². The first-order valence-electron chi connectivity index (χ1n) is 6.60. The number of nitrogens with zero attached hydrogens (tertiary/aromatic N) is 3. The number of ether oxygens (including phenoxy) is 2. The standard InChI is InChI=1S/C11H21N3O6/c1-3-18-11(16)19-9(2)20-12-14(17)13-6-4-10(8-15)5-7-13/h9-10,15H,3-8H2,1-2H3/b14-12+. The monoisotopic (exact) mass is 291 g/mol. The van der Waals surface area contributed by atoms with Gasteiger partial charge in [0.2, 0.25) is 5.28 Å². The summed E-state index contributed by atoms with van der Waals surface area (Å²) in [4.78, 5) is 16.1. The van der Waals surface area contributed by atoms with Crippen LogP contribution in [0.1, 0.15) is 26.7 Å². The number of aliphatic hydroxyl groups excluding tert-OH is 1. The van der Waals surface area contributed by atoms with Gasteiger partial charge in [0, 0.05) is 13.5 Å². The van der Waals surface area contributed by atoms with Crippen molar-refractivity contribution in [1.29, 1.82) is 0 Å². The van der Waals surface area contributed by atoms with Crippen LogP contribution in [-0.2, 0) is 14.3 Å². The Kier molecular flexibility index (Phi) is 6.85. The van der Waals surface area contributed by atoms with Crippen molar-refractivity contribution < 1.29 is 29.2 Å². The van der Waals surface area contributed by atoms with Gasteiger partial charge in [0.15, 0.2) is 0 Å². The molecule has 0 radical (unpaired) electrons. The molecule has 1 atom stereocenters. The third-order valence-electron chi connectivity index (χ3n) is 2.88.